The minimum Gasteiger partial charge on any atom is -0.456 e. The lowest BCUT2D eigenvalue weighted by Gasteiger charge is -2.32. The second-order valence-electron chi connectivity index (χ2n) is 41.8. The molecule has 27 aromatic rings. The van der Waals surface area contributed by atoms with Crippen LogP contribution in [0, 0.1) is 0 Å². The Morgan fingerprint density at radius 3 is 1.18 bits per heavy atom. The van der Waals surface area contributed by atoms with Crippen molar-refractivity contribution in [2.45, 2.75) is 57.3 Å². The fourth-order valence-corrected chi connectivity index (χ4v) is 26.1. The van der Waals surface area contributed by atoms with Crippen LogP contribution in [0.25, 0.3) is 208 Å². The van der Waals surface area contributed by atoms with Crippen molar-refractivity contribution in [2.24, 2.45) is 0 Å². The average Bonchev–Trinajstić information content (AvgIpc) is 0.853. The molecule has 3 aromatic heterocycles. The number of para-hydroxylation sites is 3. The van der Waals surface area contributed by atoms with Crippen LogP contribution in [-0.2, 0) is 22.7 Å². The normalized spacial score (nSPS) is 14.2. The molecular formula is C141H95N3O3. The Morgan fingerprint density at radius 2 is 0.558 bits per heavy atom. The number of furan rings is 3. The number of anilines is 9. The van der Waals surface area contributed by atoms with Crippen molar-refractivity contribution < 1.29 is 13.3 Å². The van der Waals surface area contributed by atoms with Crippen LogP contribution >= 0.6 is 0 Å². The van der Waals surface area contributed by atoms with E-state index in [1.165, 1.54) is 148 Å². The predicted octanol–water partition coefficient (Wildman–Crippen LogP) is 39.5. The summed E-state index contributed by atoms with van der Waals surface area (Å²) in [5.41, 5.74) is 39.0. The lowest BCUT2D eigenvalue weighted by atomic mass is 9.75. The highest BCUT2D eigenvalue weighted by Crippen LogP contribution is 2.61. The molecule has 0 aliphatic heterocycles. The third-order valence-electron chi connectivity index (χ3n) is 33.0. The van der Waals surface area contributed by atoms with Crippen LogP contribution in [0.15, 0.2) is 486 Å². The van der Waals surface area contributed by atoms with Gasteiger partial charge in [0.05, 0.1) is 33.8 Å². The maximum absolute atomic E-state index is 7.40. The van der Waals surface area contributed by atoms with Crippen molar-refractivity contribution in [3.63, 3.8) is 0 Å². The van der Waals surface area contributed by atoms with Gasteiger partial charge in [-0.05, 0) is 286 Å². The molecular weight excluding hydrogens is 1780 g/mol. The zero-order valence-corrected chi connectivity index (χ0v) is 81.8. The SMILES string of the molecule is CC1(C)c2ccccc2-c2ccc(N(c3ccc4ccccc4c3-c3cccc4cc(CC5(C)c6ccccc6-c6ccc(N(c7ccc8c(c7)oc7cc(-c9ccc%10c(c9)-c9ccc(N(c%11ccc%12ccccc%12c%11-c%11cccc%12ccccc%11%12)c%11cccc%12oc%13ccccc%13c%11%12)cc9C%10(C)C)ccc78)c7ccc8ccccc8c7-c7cccc8ccccc78)cc65)ccc34)c3cccc4c3oc3ccccc34)cc21. The van der Waals surface area contributed by atoms with Gasteiger partial charge in [0.25, 0.3) is 0 Å². The van der Waals surface area contributed by atoms with Gasteiger partial charge in [-0.2, -0.15) is 0 Å². The fourth-order valence-electron chi connectivity index (χ4n) is 26.1. The monoisotopic (exact) mass is 1880 g/mol. The van der Waals surface area contributed by atoms with Gasteiger partial charge in [0.15, 0.2) is 5.58 Å². The molecule has 3 aliphatic rings. The third kappa shape index (κ3) is 12.7. The first-order valence-corrected chi connectivity index (χ1v) is 51.3. The first kappa shape index (κ1) is 84.3. The third-order valence-corrected chi connectivity index (χ3v) is 33.0. The van der Waals surface area contributed by atoms with Gasteiger partial charge in [-0.3, -0.25) is 0 Å². The number of benzene rings is 24. The highest BCUT2D eigenvalue weighted by molar-refractivity contribution is 6.21. The highest BCUT2D eigenvalue weighted by Gasteiger charge is 2.43. The van der Waals surface area contributed by atoms with Gasteiger partial charge >= 0.3 is 0 Å². The summed E-state index contributed by atoms with van der Waals surface area (Å²) < 4.78 is 21.2. The van der Waals surface area contributed by atoms with Crippen LogP contribution in [0.4, 0.5) is 51.2 Å². The van der Waals surface area contributed by atoms with Crippen LogP contribution < -0.4 is 14.7 Å². The molecule has 0 spiro atoms. The zero-order chi connectivity index (χ0) is 97.4. The van der Waals surface area contributed by atoms with E-state index in [1.807, 2.05) is 0 Å². The van der Waals surface area contributed by atoms with Crippen molar-refractivity contribution >= 4 is 182 Å². The van der Waals surface area contributed by atoms with E-state index >= 15 is 0 Å². The Balaban J connectivity index is 0.538. The Morgan fingerprint density at radius 1 is 0.190 bits per heavy atom. The van der Waals surface area contributed by atoms with E-state index in [-0.39, 0.29) is 10.8 Å². The summed E-state index contributed by atoms with van der Waals surface area (Å²) in [6.45, 7) is 12.0. The minimum atomic E-state index is -0.491. The van der Waals surface area contributed by atoms with E-state index in [4.69, 9.17) is 13.3 Å². The number of fused-ring (bicyclic) bond motifs is 24. The molecule has 0 bridgehead atoms. The fraction of sp³-hybridized carbons (Fsp3) is 0.0638. The van der Waals surface area contributed by atoms with Gasteiger partial charge in [0.2, 0.25) is 0 Å². The van der Waals surface area contributed by atoms with E-state index < -0.39 is 5.41 Å². The maximum atomic E-state index is 7.40. The summed E-state index contributed by atoms with van der Waals surface area (Å²) in [6, 6.07) is 177. The van der Waals surface area contributed by atoms with Gasteiger partial charge in [-0.15, -0.1) is 0 Å². The largest absolute Gasteiger partial charge is 0.456 e. The second kappa shape index (κ2) is 32.1. The standard InChI is InChI=1S/C141H95N3O3/c1-139(2)118-50-20-16-42-104(118)106-69-64-96(81-121(106)139)144(128-53-27-49-115-109-44-18-22-54-129(109)147-138(115)128)127-76-62-90-33-10-15-41-103(90)136(127)114-48-26-36-93-77-85(57-67-100(93)114)84-141(5)120-51-21-17-43-105(120)107-70-63-94(82-123(107)141)142(125-74-60-88-31-8-13-39-101(88)134(125)112-46-24-34-86-29-6-11-37-98(86)112)97-66-72-111-110-68-58-92(79-132(110)146-133(111)83-97)91-59-73-119-117(78-91)108-71-65-95(80-122(108)140(119,3)4)143(124-52-28-56-131-137(124)116-45-19-23-55-130(116)145-131)126-75-61-89-32-9-14-40-102(89)135(126)113-47-25-35-87-30-7-12-38-99(87)113/h6-83H,84H2,1-5H3. The van der Waals surface area contributed by atoms with E-state index in [0.717, 1.165) is 157 Å². The minimum absolute atomic E-state index is 0.241. The number of hydrogen-bond donors (Lipinski definition) is 0. The molecule has 0 amide bonds. The predicted molar refractivity (Wildman–Crippen MR) is 616 cm³/mol. The molecule has 0 saturated heterocycles. The van der Waals surface area contributed by atoms with Crippen LogP contribution in [-0.4, -0.2) is 0 Å². The molecule has 0 N–H and O–H groups in total. The van der Waals surface area contributed by atoms with Gasteiger partial charge in [0.1, 0.15) is 27.9 Å². The topological polar surface area (TPSA) is 49.1 Å². The molecule has 6 nitrogen and oxygen atoms in total. The first-order chi connectivity index (χ1) is 72.3. The molecule has 1 unspecified atom stereocenters. The summed E-state index contributed by atoms with van der Waals surface area (Å²) >= 11 is 0. The Hall–Kier alpha value is -18.4. The summed E-state index contributed by atoms with van der Waals surface area (Å²) in [5.74, 6) is 0. The molecule has 24 aromatic carbocycles. The Labute approximate surface area is 850 Å². The van der Waals surface area contributed by atoms with Crippen LogP contribution in [0.3, 0.4) is 0 Å². The van der Waals surface area contributed by atoms with Crippen LogP contribution in [0.1, 0.15) is 73.6 Å². The Kier molecular flexibility index (Phi) is 18.4. The summed E-state index contributed by atoms with van der Waals surface area (Å²) in [6.07, 6.45) is 0.736. The molecule has 6 heteroatoms. The van der Waals surface area contributed by atoms with Gasteiger partial charge < -0.3 is 28.0 Å². The smallest absolute Gasteiger partial charge is 0.159 e. The van der Waals surface area contributed by atoms with Crippen molar-refractivity contribution in [3.05, 3.63) is 512 Å². The number of nitrogens with zero attached hydrogens (tertiary/aromatic N) is 3. The van der Waals surface area contributed by atoms with E-state index in [0.29, 0.717) is 0 Å². The van der Waals surface area contributed by atoms with Gasteiger partial charge in [0, 0.05) is 88.7 Å². The zero-order valence-electron chi connectivity index (χ0n) is 81.8. The first-order valence-electron chi connectivity index (χ1n) is 51.3. The molecule has 692 valence electrons. The maximum Gasteiger partial charge on any atom is 0.159 e. The molecule has 0 radical (unpaired) electrons. The molecule has 0 fully saturated rings. The van der Waals surface area contributed by atoms with E-state index in [9.17, 15) is 0 Å². The number of hydrogen-bond acceptors (Lipinski definition) is 6. The van der Waals surface area contributed by atoms with E-state index in [2.05, 4.69) is 522 Å². The molecule has 1 atom stereocenters. The Bertz CT molecular complexity index is 10300. The highest BCUT2D eigenvalue weighted by atomic mass is 16.3. The van der Waals surface area contributed by atoms with Crippen LogP contribution in [0.5, 0.6) is 0 Å². The lowest BCUT2D eigenvalue weighted by molar-refractivity contribution is 0.583. The van der Waals surface area contributed by atoms with Crippen molar-refractivity contribution in [1.82, 2.24) is 0 Å². The summed E-state index contributed by atoms with van der Waals surface area (Å²) in [4.78, 5) is 7.51. The molecule has 30 rings (SSSR count). The second-order valence-corrected chi connectivity index (χ2v) is 41.8. The molecule has 3 aliphatic carbocycles. The lowest BCUT2D eigenvalue weighted by Crippen LogP contribution is -2.24. The molecule has 147 heavy (non-hydrogen) atoms. The summed E-state index contributed by atoms with van der Waals surface area (Å²) in [7, 11) is 0. The molecule has 3 heterocycles. The average molecular weight is 1880 g/mol. The quantitative estimate of drug-likeness (QED) is 0.102. The molecule has 0 saturated carbocycles. The van der Waals surface area contributed by atoms with Crippen molar-refractivity contribution in [2.75, 3.05) is 14.7 Å². The van der Waals surface area contributed by atoms with Crippen molar-refractivity contribution in [1.29, 1.82) is 0 Å². The van der Waals surface area contributed by atoms with Gasteiger partial charge in [-0.25, -0.2) is 0 Å². The number of rotatable bonds is 15. The summed E-state index contributed by atoms with van der Waals surface area (Å²) in [5, 5.41) is 20.6. The van der Waals surface area contributed by atoms with E-state index in [1.54, 1.807) is 0 Å². The van der Waals surface area contributed by atoms with Gasteiger partial charge in [-0.1, -0.05) is 386 Å². The van der Waals surface area contributed by atoms with Crippen LogP contribution in [0.2, 0.25) is 0 Å². The van der Waals surface area contributed by atoms with Crippen molar-refractivity contribution in [3.8, 4) is 77.9 Å².